The maximum Gasteiger partial charge on any atom is 0.0701 e. The van der Waals surface area contributed by atoms with Crippen molar-refractivity contribution in [2.24, 2.45) is 0 Å². The molecular weight excluding hydrogens is 352 g/mol. The molecule has 0 aromatic heterocycles. The van der Waals surface area contributed by atoms with Gasteiger partial charge in [0.05, 0.1) is 52.9 Å². The summed E-state index contributed by atoms with van der Waals surface area (Å²) in [6.45, 7) is 5.80. The van der Waals surface area contributed by atoms with Gasteiger partial charge >= 0.3 is 0 Å². The van der Waals surface area contributed by atoms with Gasteiger partial charge < -0.3 is 23.7 Å². The minimum absolute atomic E-state index is 0.596. The minimum Gasteiger partial charge on any atom is -0.382 e. The molecule has 0 heterocycles. The van der Waals surface area contributed by atoms with Crippen LogP contribution in [0.1, 0.15) is 57.8 Å². The Balaban J connectivity index is 2.95. The maximum absolute atomic E-state index is 5.58. The maximum atomic E-state index is 5.58. The third-order valence-corrected chi connectivity index (χ3v) is 4.31. The SMILES string of the molecule is COCCOCCOCCOCCOCCCCCCCCCCCS. The summed E-state index contributed by atoms with van der Waals surface area (Å²) >= 11 is 4.23. The van der Waals surface area contributed by atoms with Crippen LogP contribution in [-0.4, -0.2) is 72.3 Å². The van der Waals surface area contributed by atoms with Gasteiger partial charge in [0.2, 0.25) is 0 Å². The van der Waals surface area contributed by atoms with E-state index < -0.39 is 0 Å². The standard InChI is InChI=1S/C20H42O5S/c1-21-12-13-23-16-17-25-19-18-24-15-14-22-11-9-7-5-3-2-4-6-8-10-20-26/h26H,2-20H2,1H3. The highest BCUT2D eigenvalue weighted by Crippen LogP contribution is 2.09. The fourth-order valence-electron chi connectivity index (χ4n) is 2.46. The van der Waals surface area contributed by atoms with Crippen LogP contribution in [0.25, 0.3) is 0 Å². The average Bonchev–Trinajstić information content (AvgIpc) is 2.66. The van der Waals surface area contributed by atoms with E-state index in [1.807, 2.05) is 0 Å². The summed E-state index contributed by atoms with van der Waals surface area (Å²) in [6.07, 6.45) is 11.9. The Morgan fingerprint density at radius 2 is 0.769 bits per heavy atom. The van der Waals surface area contributed by atoms with E-state index in [1.54, 1.807) is 7.11 Å². The van der Waals surface area contributed by atoms with Crippen molar-refractivity contribution in [3.63, 3.8) is 0 Å². The van der Waals surface area contributed by atoms with E-state index in [2.05, 4.69) is 12.6 Å². The van der Waals surface area contributed by atoms with Gasteiger partial charge in [0.15, 0.2) is 0 Å². The number of hydrogen-bond donors (Lipinski definition) is 1. The van der Waals surface area contributed by atoms with Gasteiger partial charge in [-0.25, -0.2) is 0 Å². The lowest BCUT2D eigenvalue weighted by molar-refractivity contribution is -0.00800. The van der Waals surface area contributed by atoms with Crippen LogP contribution in [0.2, 0.25) is 0 Å². The van der Waals surface area contributed by atoms with Gasteiger partial charge in [0.1, 0.15) is 0 Å². The van der Waals surface area contributed by atoms with Crippen LogP contribution in [0.5, 0.6) is 0 Å². The summed E-state index contributed by atoms with van der Waals surface area (Å²) in [5.41, 5.74) is 0. The first-order valence-electron chi connectivity index (χ1n) is 10.3. The Morgan fingerprint density at radius 1 is 0.423 bits per heavy atom. The molecule has 0 spiro atoms. The molecule has 0 amide bonds. The van der Waals surface area contributed by atoms with Crippen molar-refractivity contribution in [1.29, 1.82) is 0 Å². The molecule has 0 saturated heterocycles. The Labute approximate surface area is 166 Å². The third-order valence-electron chi connectivity index (χ3n) is 3.99. The number of rotatable bonds is 23. The molecule has 0 fully saturated rings. The number of hydrogen-bond acceptors (Lipinski definition) is 6. The second kappa shape index (κ2) is 25.1. The predicted molar refractivity (Wildman–Crippen MR) is 111 cm³/mol. The van der Waals surface area contributed by atoms with Crippen molar-refractivity contribution in [1.82, 2.24) is 0 Å². The summed E-state index contributed by atoms with van der Waals surface area (Å²) < 4.78 is 26.6. The number of thiol groups is 1. The zero-order chi connectivity index (χ0) is 19.0. The summed E-state index contributed by atoms with van der Waals surface area (Å²) in [5.74, 6) is 1.03. The summed E-state index contributed by atoms with van der Waals surface area (Å²) in [6, 6.07) is 0. The van der Waals surface area contributed by atoms with Crippen LogP contribution in [0.3, 0.4) is 0 Å². The lowest BCUT2D eigenvalue weighted by atomic mass is 10.1. The monoisotopic (exact) mass is 394 g/mol. The number of ether oxygens (including phenoxy) is 5. The molecule has 0 aromatic carbocycles. The molecule has 6 heteroatoms. The Hall–Kier alpha value is 0.150. The molecule has 0 saturated carbocycles. The minimum atomic E-state index is 0.596. The van der Waals surface area contributed by atoms with Crippen LogP contribution in [-0.2, 0) is 23.7 Å². The summed E-state index contributed by atoms with van der Waals surface area (Å²) in [5, 5.41) is 0. The first kappa shape index (κ1) is 26.1. The van der Waals surface area contributed by atoms with E-state index in [1.165, 1.54) is 51.4 Å². The van der Waals surface area contributed by atoms with Crippen molar-refractivity contribution in [2.45, 2.75) is 57.8 Å². The highest BCUT2D eigenvalue weighted by atomic mass is 32.1. The lowest BCUT2D eigenvalue weighted by Crippen LogP contribution is -2.13. The molecule has 0 atom stereocenters. The predicted octanol–water partition coefficient (Wildman–Crippen LogP) is 4.14. The molecule has 26 heavy (non-hydrogen) atoms. The molecule has 0 rings (SSSR count). The zero-order valence-corrected chi connectivity index (χ0v) is 17.8. The van der Waals surface area contributed by atoms with E-state index in [4.69, 9.17) is 23.7 Å². The number of unbranched alkanes of at least 4 members (excludes halogenated alkanes) is 8. The first-order valence-corrected chi connectivity index (χ1v) is 11.0. The largest absolute Gasteiger partial charge is 0.382 e. The molecule has 0 N–H and O–H groups in total. The highest BCUT2D eigenvalue weighted by Gasteiger charge is 1.95. The normalized spacial score (nSPS) is 11.3. The fourth-order valence-corrected chi connectivity index (χ4v) is 2.68. The Kier molecular flexibility index (Phi) is 25.3. The molecule has 0 aliphatic carbocycles. The summed E-state index contributed by atoms with van der Waals surface area (Å²) in [7, 11) is 1.66. The molecular formula is C20H42O5S. The van der Waals surface area contributed by atoms with E-state index >= 15 is 0 Å². The molecule has 0 aromatic rings. The van der Waals surface area contributed by atoms with Crippen molar-refractivity contribution < 1.29 is 23.7 Å². The Bertz CT molecular complexity index is 220. The van der Waals surface area contributed by atoms with Gasteiger partial charge in [0.25, 0.3) is 0 Å². The van der Waals surface area contributed by atoms with E-state index in [-0.39, 0.29) is 0 Å². The number of methoxy groups -OCH3 is 1. The van der Waals surface area contributed by atoms with Crippen LogP contribution in [0.4, 0.5) is 0 Å². The van der Waals surface area contributed by atoms with Crippen LogP contribution in [0.15, 0.2) is 0 Å². The fraction of sp³-hybridized carbons (Fsp3) is 1.00. The second-order valence-corrected chi connectivity index (χ2v) is 6.80. The van der Waals surface area contributed by atoms with E-state index in [9.17, 15) is 0 Å². The third kappa shape index (κ3) is 24.1. The first-order chi connectivity index (χ1) is 12.9. The van der Waals surface area contributed by atoms with Gasteiger partial charge in [-0.15, -0.1) is 0 Å². The molecule has 0 aliphatic rings. The van der Waals surface area contributed by atoms with Crippen LogP contribution < -0.4 is 0 Å². The van der Waals surface area contributed by atoms with Gasteiger partial charge in [-0.2, -0.15) is 12.6 Å². The van der Waals surface area contributed by atoms with E-state index in [0.29, 0.717) is 52.9 Å². The molecule has 0 unspecified atom stereocenters. The average molecular weight is 395 g/mol. The van der Waals surface area contributed by atoms with E-state index in [0.717, 1.165) is 18.8 Å². The van der Waals surface area contributed by atoms with Gasteiger partial charge in [0, 0.05) is 13.7 Å². The molecule has 5 nitrogen and oxygen atoms in total. The molecule has 0 bridgehead atoms. The summed E-state index contributed by atoms with van der Waals surface area (Å²) in [4.78, 5) is 0. The topological polar surface area (TPSA) is 46.2 Å². The zero-order valence-electron chi connectivity index (χ0n) is 16.9. The second-order valence-electron chi connectivity index (χ2n) is 6.35. The molecule has 158 valence electrons. The van der Waals surface area contributed by atoms with Gasteiger partial charge in [-0.3, -0.25) is 0 Å². The quantitative estimate of drug-likeness (QED) is 0.208. The smallest absolute Gasteiger partial charge is 0.0701 e. The van der Waals surface area contributed by atoms with Crippen LogP contribution >= 0.6 is 12.6 Å². The van der Waals surface area contributed by atoms with Gasteiger partial charge in [-0.1, -0.05) is 44.9 Å². The lowest BCUT2D eigenvalue weighted by Gasteiger charge is -2.07. The van der Waals surface area contributed by atoms with Gasteiger partial charge in [-0.05, 0) is 18.6 Å². The molecule has 0 radical (unpaired) electrons. The van der Waals surface area contributed by atoms with Crippen molar-refractivity contribution in [3.05, 3.63) is 0 Å². The van der Waals surface area contributed by atoms with Crippen LogP contribution in [0, 0.1) is 0 Å². The van der Waals surface area contributed by atoms with Crippen molar-refractivity contribution in [3.8, 4) is 0 Å². The van der Waals surface area contributed by atoms with Crippen molar-refractivity contribution in [2.75, 3.05) is 72.3 Å². The van der Waals surface area contributed by atoms with Crippen molar-refractivity contribution >= 4 is 12.6 Å². The molecule has 0 aliphatic heterocycles. The highest BCUT2D eigenvalue weighted by molar-refractivity contribution is 7.80. The Morgan fingerprint density at radius 3 is 1.19 bits per heavy atom.